The molecule has 1 amide bonds. The molecular formula is C11H22N2O2. The molecule has 0 bridgehead atoms. The summed E-state index contributed by atoms with van der Waals surface area (Å²) >= 11 is 0. The zero-order chi connectivity index (χ0) is 11.1. The minimum absolute atomic E-state index is 0.0174. The standard InChI is InChI=1S/C11H22N2O2/c1-9(6-8-15-2)13-11(14)10-5-3-4-7-12-10/h9-10,12H,3-8H2,1-2H3,(H,13,14)/t9?,10-/m0/s1. The van der Waals surface area contributed by atoms with Gasteiger partial charge in [-0.2, -0.15) is 0 Å². The van der Waals surface area contributed by atoms with Crippen molar-refractivity contribution < 1.29 is 9.53 Å². The van der Waals surface area contributed by atoms with Gasteiger partial charge in [-0.1, -0.05) is 6.42 Å². The highest BCUT2D eigenvalue weighted by Gasteiger charge is 2.21. The van der Waals surface area contributed by atoms with Gasteiger partial charge in [-0.3, -0.25) is 4.79 Å². The lowest BCUT2D eigenvalue weighted by molar-refractivity contribution is -0.124. The summed E-state index contributed by atoms with van der Waals surface area (Å²) < 4.78 is 4.97. The van der Waals surface area contributed by atoms with Crippen LogP contribution < -0.4 is 10.6 Å². The number of amides is 1. The molecule has 1 aliphatic heterocycles. The van der Waals surface area contributed by atoms with Crippen molar-refractivity contribution >= 4 is 5.91 Å². The molecule has 0 radical (unpaired) electrons. The highest BCUT2D eigenvalue weighted by atomic mass is 16.5. The van der Waals surface area contributed by atoms with Crippen LogP contribution in [0.25, 0.3) is 0 Å². The molecule has 1 fully saturated rings. The third kappa shape index (κ3) is 4.62. The maximum absolute atomic E-state index is 11.8. The minimum atomic E-state index is 0.0174. The van der Waals surface area contributed by atoms with E-state index in [1.54, 1.807) is 7.11 Å². The molecule has 15 heavy (non-hydrogen) atoms. The van der Waals surface area contributed by atoms with Crippen LogP contribution in [-0.4, -0.2) is 38.3 Å². The van der Waals surface area contributed by atoms with Gasteiger partial charge in [-0.25, -0.2) is 0 Å². The lowest BCUT2D eigenvalue weighted by Crippen LogP contribution is -2.49. The normalized spacial score (nSPS) is 23.5. The Labute approximate surface area is 91.8 Å². The Kier molecular flexibility index (Phi) is 5.65. The van der Waals surface area contributed by atoms with Gasteiger partial charge in [0.05, 0.1) is 6.04 Å². The molecule has 4 nitrogen and oxygen atoms in total. The molecule has 1 saturated heterocycles. The number of carbonyl (C=O) groups excluding carboxylic acids is 1. The van der Waals surface area contributed by atoms with E-state index in [2.05, 4.69) is 10.6 Å². The van der Waals surface area contributed by atoms with Crippen molar-refractivity contribution in [2.75, 3.05) is 20.3 Å². The van der Waals surface area contributed by atoms with Gasteiger partial charge in [0.1, 0.15) is 0 Å². The van der Waals surface area contributed by atoms with Crippen molar-refractivity contribution in [1.82, 2.24) is 10.6 Å². The fraction of sp³-hybridized carbons (Fsp3) is 0.909. The van der Waals surface area contributed by atoms with Crippen LogP contribution in [0.5, 0.6) is 0 Å². The maximum atomic E-state index is 11.8. The number of hydrogen-bond acceptors (Lipinski definition) is 3. The molecule has 2 N–H and O–H groups in total. The molecule has 0 aliphatic carbocycles. The Hall–Kier alpha value is -0.610. The third-order valence-corrected chi connectivity index (χ3v) is 2.77. The summed E-state index contributed by atoms with van der Waals surface area (Å²) in [4.78, 5) is 11.8. The maximum Gasteiger partial charge on any atom is 0.237 e. The number of methoxy groups -OCH3 is 1. The second-order valence-corrected chi connectivity index (χ2v) is 4.19. The SMILES string of the molecule is COCCC(C)NC(=O)[C@@H]1CCCCN1. The van der Waals surface area contributed by atoms with Crippen molar-refractivity contribution in [1.29, 1.82) is 0 Å². The van der Waals surface area contributed by atoms with E-state index < -0.39 is 0 Å². The Morgan fingerprint density at radius 1 is 1.60 bits per heavy atom. The summed E-state index contributed by atoms with van der Waals surface area (Å²) in [6.45, 7) is 3.67. The predicted molar refractivity (Wildman–Crippen MR) is 59.7 cm³/mol. The van der Waals surface area contributed by atoms with Crippen LogP contribution in [-0.2, 0) is 9.53 Å². The van der Waals surface area contributed by atoms with Crippen molar-refractivity contribution in [2.45, 2.75) is 44.7 Å². The van der Waals surface area contributed by atoms with Gasteiger partial charge in [-0.05, 0) is 32.7 Å². The highest BCUT2D eigenvalue weighted by Crippen LogP contribution is 2.07. The fourth-order valence-electron chi connectivity index (χ4n) is 1.79. The van der Waals surface area contributed by atoms with Crippen LogP contribution in [0.15, 0.2) is 0 Å². The fourth-order valence-corrected chi connectivity index (χ4v) is 1.79. The molecule has 1 heterocycles. The smallest absolute Gasteiger partial charge is 0.237 e. The van der Waals surface area contributed by atoms with E-state index in [0.29, 0.717) is 6.61 Å². The predicted octanol–water partition coefficient (Wildman–Crippen LogP) is 0.670. The molecular weight excluding hydrogens is 192 g/mol. The highest BCUT2D eigenvalue weighted by molar-refractivity contribution is 5.82. The van der Waals surface area contributed by atoms with Gasteiger partial charge in [0, 0.05) is 19.8 Å². The number of hydrogen-bond donors (Lipinski definition) is 2. The number of rotatable bonds is 5. The molecule has 88 valence electrons. The first-order chi connectivity index (χ1) is 7.24. The molecule has 1 unspecified atom stereocenters. The first-order valence-corrected chi connectivity index (χ1v) is 5.76. The molecule has 4 heteroatoms. The number of ether oxygens (including phenoxy) is 1. The van der Waals surface area contributed by atoms with E-state index in [1.807, 2.05) is 6.92 Å². The summed E-state index contributed by atoms with van der Waals surface area (Å²) in [6, 6.07) is 0.213. The van der Waals surface area contributed by atoms with Crippen LogP contribution in [0.1, 0.15) is 32.6 Å². The lowest BCUT2D eigenvalue weighted by Gasteiger charge is -2.24. The quantitative estimate of drug-likeness (QED) is 0.707. The Bertz CT molecular complexity index is 191. The zero-order valence-corrected chi connectivity index (χ0v) is 9.71. The monoisotopic (exact) mass is 214 g/mol. The molecule has 1 rings (SSSR count). The summed E-state index contributed by atoms with van der Waals surface area (Å²) in [6.07, 6.45) is 4.17. The van der Waals surface area contributed by atoms with Gasteiger partial charge in [-0.15, -0.1) is 0 Å². The topological polar surface area (TPSA) is 50.4 Å². The van der Waals surface area contributed by atoms with Gasteiger partial charge in [0.25, 0.3) is 0 Å². The summed E-state index contributed by atoms with van der Waals surface area (Å²) in [5, 5.41) is 6.24. The third-order valence-electron chi connectivity index (χ3n) is 2.77. The molecule has 1 aliphatic rings. The number of piperidine rings is 1. The Balaban J connectivity index is 2.21. The number of nitrogens with one attached hydrogen (secondary N) is 2. The van der Waals surface area contributed by atoms with Crippen LogP contribution in [0.3, 0.4) is 0 Å². The summed E-state index contributed by atoms with van der Waals surface area (Å²) in [5.41, 5.74) is 0. The van der Waals surface area contributed by atoms with Crippen LogP contribution in [0.2, 0.25) is 0 Å². The average molecular weight is 214 g/mol. The summed E-state index contributed by atoms with van der Waals surface area (Å²) in [7, 11) is 1.68. The van der Waals surface area contributed by atoms with Crippen molar-refractivity contribution in [3.8, 4) is 0 Å². The van der Waals surface area contributed by atoms with E-state index in [-0.39, 0.29) is 18.0 Å². The molecule has 2 atom stereocenters. The Morgan fingerprint density at radius 3 is 3.00 bits per heavy atom. The van der Waals surface area contributed by atoms with Crippen LogP contribution >= 0.6 is 0 Å². The van der Waals surface area contributed by atoms with Crippen molar-refractivity contribution in [3.63, 3.8) is 0 Å². The van der Waals surface area contributed by atoms with Gasteiger partial charge >= 0.3 is 0 Å². The molecule has 0 aromatic heterocycles. The van der Waals surface area contributed by atoms with Crippen LogP contribution in [0.4, 0.5) is 0 Å². The largest absolute Gasteiger partial charge is 0.385 e. The molecule has 0 aromatic carbocycles. The van der Waals surface area contributed by atoms with Gasteiger partial charge in [0.15, 0.2) is 0 Å². The van der Waals surface area contributed by atoms with Crippen LogP contribution in [0, 0.1) is 0 Å². The van der Waals surface area contributed by atoms with E-state index in [0.717, 1.165) is 25.8 Å². The lowest BCUT2D eigenvalue weighted by atomic mass is 10.0. The molecule has 0 saturated carbocycles. The Morgan fingerprint density at radius 2 is 2.40 bits per heavy atom. The zero-order valence-electron chi connectivity index (χ0n) is 9.71. The molecule has 0 aromatic rings. The second kappa shape index (κ2) is 6.80. The van der Waals surface area contributed by atoms with E-state index in [9.17, 15) is 4.79 Å². The first-order valence-electron chi connectivity index (χ1n) is 5.76. The summed E-state index contributed by atoms with van der Waals surface area (Å²) in [5.74, 6) is 0.137. The second-order valence-electron chi connectivity index (χ2n) is 4.19. The molecule has 0 spiro atoms. The first kappa shape index (κ1) is 12.5. The van der Waals surface area contributed by atoms with Gasteiger partial charge < -0.3 is 15.4 Å². The number of carbonyl (C=O) groups is 1. The van der Waals surface area contributed by atoms with Crippen molar-refractivity contribution in [2.24, 2.45) is 0 Å². The van der Waals surface area contributed by atoms with Gasteiger partial charge in [0.2, 0.25) is 5.91 Å². The van der Waals surface area contributed by atoms with E-state index >= 15 is 0 Å². The minimum Gasteiger partial charge on any atom is -0.385 e. The van der Waals surface area contributed by atoms with E-state index in [4.69, 9.17) is 4.74 Å². The van der Waals surface area contributed by atoms with E-state index in [1.165, 1.54) is 6.42 Å². The average Bonchev–Trinajstić information content (AvgIpc) is 2.27. The van der Waals surface area contributed by atoms with Crippen molar-refractivity contribution in [3.05, 3.63) is 0 Å².